The average molecular weight is 589 g/mol. The van der Waals surface area contributed by atoms with Gasteiger partial charge in [0.25, 0.3) is 0 Å². The number of nitrogens with zero attached hydrogens (tertiary/aromatic N) is 4. The van der Waals surface area contributed by atoms with Crippen molar-refractivity contribution in [2.24, 2.45) is 0 Å². The van der Waals surface area contributed by atoms with Crippen LogP contribution < -0.4 is 30.3 Å². The molecule has 4 rings (SSSR count). The lowest BCUT2D eigenvalue weighted by molar-refractivity contribution is 0.359. The molecule has 4 N–H and O–H groups in total. The van der Waals surface area contributed by atoms with Crippen LogP contribution in [0.15, 0.2) is 48.7 Å². The molecule has 1 fully saturated rings. The lowest BCUT2D eigenvalue weighted by Crippen LogP contribution is -2.44. The van der Waals surface area contributed by atoms with E-state index in [1.54, 1.807) is 31.4 Å². The standard InChI is InChI=1S/C27H37ClN8O3S/c1-35(2)16-13-29-19-11-14-36(15-12-19)20-9-10-24(25(17-20)39-3)32-27-30-18-21(28)26(33-27)31-22-7-5-6-8-23(22)34-40(4,37)38/h5-10,17-19,29,34H,11-16H2,1-4H3,(H2,30,31,32,33). The molecule has 2 aromatic carbocycles. The Kier molecular flexibility index (Phi) is 9.90. The van der Waals surface area contributed by atoms with Crippen molar-refractivity contribution in [1.29, 1.82) is 0 Å². The minimum Gasteiger partial charge on any atom is -0.494 e. The second kappa shape index (κ2) is 13.4. The van der Waals surface area contributed by atoms with Gasteiger partial charge >= 0.3 is 0 Å². The number of halogens is 1. The van der Waals surface area contributed by atoms with Crippen molar-refractivity contribution >= 4 is 56.1 Å². The molecular weight excluding hydrogens is 552 g/mol. The fraction of sp³-hybridized carbons (Fsp3) is 0.407. The third-order valence-electron chi connectivity index (χ3n) is 6.50. The molecule has 2 heterocycles. The quantitative estimate of drug-likeness (QED) is 0.246. The van der Waals surface area contributed by atoms with E-state index in [0.29, 0.717) is 40.6 Å². The summed E-state index contributed by atoms with van der Waals surface area (Å²) in [6.45, 7) is 3.98. The van der Waals surface area contributed by atoms with Gasteiger partial charge in [0.15, 0.2) is 5.82 Å². The molecule has 0 saturated carbocycles. The summed E-state index contributed by atoms with van der Waals surface area (Å²) < 4.78 is 31.7. The maximum atomic E-state index is 11.8. The molecular formula is C27H37ClN8O3S. The van der Waals surface area contributed by atoms with Crippen LogP contribution in [0.1, 0.15) is 12.8 Å². The Morgan fingerprint density at radius 2 is 1.80 bits per heavy atom. The molecule has 1 saturated heterocycles. The smallest absolute Gasteiger partial charge is 0.229 e. The SMILES string of the molecule is COc1cc(N2CCC(NCCN(C)C)CC2)ccc1Nc1ncc(Cl)c(Nc2ccccc2NS(C)(=O)=O)n1. The second-order valence-corrected chi connectivity index (χ2v) is 12.1. The number of methoxy groups -OCH3 is 1. The third-order valence-corrected chi connectivity index (χ3v) is 7.37. The number of aromatic nitrogens is 2. The van der Waals surface area contributed by atoms with Crippen molar-refractivity contribution in [2.45, 2.75) is 18.9 Å². The van der Waals surface area contributed by atoms with Crippen LogP contribution in [0.4, 0.5) is 34.5 Å². The zero-order valence-electron chi connectivity index (χ0n) is 23.2. The molecule has 0 atom stereocenters. The summed E-state index contributed by atoms with van der Waals surface area (Å²) in [5.41, 5.74) is 2.68. The zero-order valence-corrected chi connectivity index (χ0v) is 24.8. The average Bonchev–Trinajstić information content (AvgIpc) is 2.91. The van der Waals surface area contributed by atoms with Gasteiger partial charge in [0, 0.05) is 44.0 Å². The Bertz CT molecular complexity index is 1400. The van der Waals surface area contributed by atoms with Gasteiger partial charge in [-0.2, -0.15) is 4.98 Å². The summed E-state index contributed by atoms with van der Waals surface area (Å²) in [7, 11) is 2.34. The first-order valence-electron chi connectivity index (χ1n) is 13.1. The van der Waals surface area contributed by atoms with E-state index in [2.05, 4.69) is 60.6 Å². The van der Waals surface area contributed by atoms with E-state index < -0.39 is 10.0 Å². The van der Waals surface area contributed by atoms with Crippen molar-refractivity contribution in [3.05, 3.63) is 53.7 Å². The summed E-state index contributed by atoms with van der Waals surface area (Å²) in [6, 6.07) is 13.5. The van der Waals surface area contributed by atoms with Crippen LogP contribution >= 0.6 is 11.6 Å². The summed E-state index contributed by atoms with van der Waals surface area (Å²) in [4.78, 5) is 13.4. The largest absolute Gasteiger partial charge is 0.494 e. The highest BCUT2D eigenvalue weighted by molar-refractivity contribution is 7.92. The second-order valence-electron chi connectivity index (χ2n) is 9.96. The first kappa shape index (κ1) is 29.7. The van der Waals surface area contributed by atoms with Gasteiger partial charge in [-0.1, -0.05) is 23.7 Å². The Labute approximate surface area is 241 Å². The van der Waals surface area contributed by atoms with Crippen LogP contribution in [0.25, 0.3) is 0 Å². The predicted molar refractivity (Wildman–Crippen MR) is 163 cm³/mol. The van der Waals surface area contributed by atoms with Gasteiger partial charge < -0.3 is 30.5 Å². The predicted octanol–water partition coefficient (Wildman–Crippen LogP) is 4.12. The molecule has 0 unspecified atom stereocenters. The molecule has 3 aromatic rings. The first-order chi connectivity index (χ1) is 19.1. The van der Waals surface area contributed by atoms with E-state index in [4.69, 9.17) is 16.3 Å². The molecule has 1 aliphatic heterocycles. The molecule has 40 heavy (non-hydrogen) atoms. The van der Waals surface area contributed by atoms with E-state index >= 15 is 0 Å². The number of anilines is 6. The number of ether oxygens (including phenoxy) is 1. The van der Waals surface area contributed by atoms with E-state index in [9.17, 15) is 8.42 Å². The van der Waals surface area contributed by atoms with Gasteiger partial charge in [0.05, 0.1) is 36.6 Å². The topological polar surface area (TPSA) is 124 Å². The number of nitrogens with one attached hydrogen (secondary N) is 4. The van der Waals surface area contributed by atoms with Crippen molar-refractivity contribution < 1.29 is 13.2 Å². The third kappa shape index (κ3) is 8.34. The van der Waals surface area contributed by atoms with Crippen LogP contribution in [-0.4, -0.2) is 83.0 Å². The normalized spacial score (nSPS) is 14.3. The number of para-hydroxylation sites is 2. The van der Waals surface area contributed by atoms with Crippen molar-refractivity contribution in [3.8, 4) is 5.75 Å². The van der Waals surface area contributed by atoms with Crippen LogP contribution in [0, 0.1) is 0 Å². The van der Waals surface area contributed by atoms with E-state index in [-0.39, 0.29) is 5.02 Å². The Balaban J connectivity index is 1.44. The number of sulfonamides is 1. The molecule has 11 nitrogen and oxygen atoms in total. The number of rotatable bonds is 12. The fourth-order valence-corrected chi connectivity index (χ4v) is 5.17. The molecule has 1 aliphatic rings. The van der Waals surface area contributed by atoms with Crippen LogP contribution in [0.5, 0.6) is 5.75 Å². The van der Waals surface area contributed by atoms with Gasteiger partial charge in [-0.15, -0.1) is 0 Å². The van der Waals surface area contributed by atoms with Crippen molar-refractivity contribution in [1.82, 2.24) is 20.2 Å². The molecule has 0 amide bonds. The Morgan fingerprint density at radius 3 is 2.48 bits per heavy atom. The van der Waals surface area contributed by atoms with Gasteiger partial charge in [0.1, 0.15) is 10.8 Å². The van der Waals surface area contributed by atoms with Crippen LogP contribution in [-0.2, 0) is 10.0 Å². The van der Waals surface area contributed by atoms with Crippen LogP contribution in [0.3, 0.4) is 0 Å². The minimum atomic E-state index is -3.47. The highest BCUT2D eigenvalue weighted by Gasteiger charge is 2.20. The summed E-state index contributed by atoms with van der Waals surface area (Å²) in [5, 5.41) is 10.2. The number of hydrogen-bond donors (Lipinski definition) is 4. The van der Waals surface area contributed by atoms with E-state index in [1.807, 2.05) is 12.1 Å². The summed E-state index contributed by atoms with van der Waals surface area (Å²) >= 11 is 6.36. The Morgan fingerprint density at radius 1 is 1.07 bits per heavy atom. The van der Waals surface area contributed by atoms with Gasteiger partial charge in [-0.3, -0.25) is 4.72 Å². The molecule has 216 valence electrons. The zero-order chi connectivity index (χ0) is 28.7. The van der Waals surface area contributed by atoms with Gasteiger partial charge in [0.2, 0.25) is 16.0 Å². The number of benzene rings is 2. The maximum absolute atomic E-state index is 11.8. The molecule has 13 heteroatoms. The monoisotopic (exact) mass is 588 g/mol. The molecule has 0 radical (unpaired) electrons. The molecule has 1 aromatic heterocycles. The molecule has 0 aliphatic carbocycles. The lowest BCUT2D eigenvalue weighted by Gasteiger charge is -2.34. The van der Waals surface area contributed by atoms with Gasteiger partial charge in [-0.05, 0) is 51.2 Å². The molecule has 0 spiro atoms. The van der Waals surface area contributed by atoms with Gasteiger partial charge in [-0.25, -0.2) is 13.4 Å². The van der Waals surface area contributed by atoms with Crippen LogP contribution in [0.2, 0.25) is 5.02 Å². The number of hydrogen-bond acceptors (Lipinski definition) is 10. The van der Waals surface area contributed by atoms with E-state index in [1.165, 1.54) is 6.20 Å². The fourth-order valence-electron chi connectivity index (χ4n) is 4.46. The van der Waals surface area contributed by atoms with Crippen molar-refractivity contribution in [2.75, 3.05) is 73.9 Å². The number of likely N-dealkylation sites (N-methyl/N-ethyl adjacent to an activating group) is 1. The highest BCUT2D eigenvalue weighted by atomic mass is 35.5. The highest BCUT2D eigenvalue weighted by Crippen LogP contribution is 2.34. The molecule has 0 bridgehead atoms. The Hall–Kier alpha value is -3.32. The lowest BCUT2D eigenvalue weighted by atomic mass is 10.0. The maximum Gasteiger partial charge on any atom is 0.229 e. The first-order valence-corrected chi connectivity index (χ1v) is 15.3. The number of piperidine rings is 1. The van der Waals surface area contributed by atoms with Crippen molar-refractivity contribution in [3.63, 3.8) is 0 Å². The summed E-state index contributed by atoms with van der Waals surface area (Å²) in [6.07, 6.45) is 4.75. The van der Waals surface area contributed by atoms with E-state index in [0.717, 1.165) is 51.0 Å². The minimum absolute atomic E-state index is 0.279. The summed E-state index contributed by atoms with van der Waals surface area (Å²) in [5.74, 6) is 1.29.